The van der Waals surface area contributed by atoms with Crippen LogP contribution in [0.5, 0.6) is 5.75 Å². The van der Waals surface area contributed by atoms with Crippen molar-refractivity contribution in [3.05, 3.63) is 42.0 Å². The molecule has 2 aromatic carbocycles. The lowest BCUT2D eigenvalue weighted by Gasteiger charge is -2.15. The molecule has 0 spiro atoms. The third-order valence-corrected chi connectivity index (χ3v) is 3.40. The zero-order valence-electron chi connectivity index (χ0n) is 11.9. The highest BCUT2D eigenvalue weighted by Gasteiger charge is 2.15. The van der Waals surface area contributed by atoms with Gasteiger partial charge in [-0.2, -0.15) is 0 Å². The minimum Gasteiger partial charge on any atom is -0.492 e. The van der Waals surface area contributed by atoms with Gasteiger partial charge in [-0.3, -0.25) is 0 Å². The lowest BCUT2D eigenvalue weighted by Crippen LogP contribution is -2.11. The third kappa shape index (κ3) is 3.10. The van der Waals surface area contributed by atoms with Gasteiger partial charge in [-0.15, -0.1) is 0 Å². The second-order valence-electron chi connectivity index (χ2n) is 5.17. The molecule has 0 aliphatic carbocycles. The van der Waals surface area contributed by atoms with E-state index in [0.29, 0.717) is 18.3 Å². The van der Waals surface area contributed by atoms with Crippen LogP contribution < -0.4 is 4.74 Å². The fraction of sp³-hybridized carbons (Fsp3) is 0.353. The van der Waals surface area contributed by atoms with Crippen LogP contribution in [-0.4, -0.2) is 17.7 Å². The van der Waals surface area contributed by atoms with Crippen molar-refractivity contribution >= 4 is 16.7 Å². The average Bonchev–Trinajstić information content (AvgIpc) is 2.44. The molecule has 0 aromatic heterocycles. The lowest BCUT2D eigenvalue weighted by molar-refractivity contribution is 0.0691. The zero-order chi connectivity index (χ0) is 14.5. The number of carbonyl (C=O) groups is 1. The Labute approximate surface area is 119 Å². The van der Waals surface area contributed by atoms with Gasteiger partial charge in [0, 0.05) is 5.39 Å². The molecule has 0 saturated carbocycles. The number of benzene rings is 2. The van der Waals surface area contributed by atoms with Gasteiger partial charge in [-0.25, -0.2) is 4.79 Å². The first kappa shape index (κ1) is 14.4. The van der Waals surface area contributed by atoms with E-state index in [1.165, 1.54) is 0 Å². The van der Waals surface area contributed by atoms with E-state index >= 15 is 0 Å². The van der Waals surface area contributed by atoms with Gasteiger partial charge in [0.05, 0.1) is 6.61 Å². The molecule has 0 bridgehead atoms. The van der Waals surface area contributed by atoms with E-state index in [2.05, 4.69) is 13.8 Å². The largest absolute Gasteiger partial charge is 0.492 e. The van der Waals surface area contributed by atoms with E-state index in [9.17, 15) is 9.90 Å². The van der Waals surface area contributed by atoms with E-state index < -0.39 is 5.97 Å². The molecule has 0 fully saturated rings. The molecule has 1 atom stereocenters. The SMILES string of the molecule is CCCC(C)COc1c(C(=O)O)ccc2ccccc12. The molecule has 0 aliphatic rings. The van der Waals surface area contributed by atoms with Crippen LogP contribution in [0.2, 0.25) is 0 Å². The maximum atomic E-state index is 11.4. The predicted molar refractivity (Wildman–Crippen MR) is 80.5 cm³/mol. The van der Waals surface area contributed by atoms with Crippen molar-refractivity contribution < 1.29 is 14.6 Å². The van der Waals surface area contributed by atoms with Gasteiger partial charge in [-0.05, 0) is 23.8 Å². The van der Waals surface area contributed by atoms with Crippen LogP contribution in [0.1, 0.15) is 37.0 Å². The topological polar surface area (TPSA) is 46.5 Å². The summed E-state index contributed by atoms with van der Waals surface area (Å²) >= 11 is 0. The number of carboxylic acids is 1. The first-order valence-electron chi connectivity index (χ1n) is 7.01. The Morgan fingerprint density at radius 2 is 2.00 bits per heavy atom. The third-order valence-electron chi connectivity index (χ3n) is 3.40. The Hall–Kier alpha value is -2.03. The Bertz CT molecular complexity index is 604. The van der Waals surface area contributed by atoms with Gasteiger partial charge in [0.25, 0.3) is 0 Å². The molecule has 0 heterocycles. The lowest BCUT2D eigenvalue weighted by atomic mass is 10.0. The number of carboxylic acid groups (broad SMARTS) is 1. The van der Waals surface area contributed by atoms with Gasteiger partial charge in [0.1, 0.15) is 11.3 Å². The smallest absolute Gasteiger partial charge is 0.339 e. The number of aromatic carboxylic acids is 1. The van der Waals surface area contributed by atoms with Crippen molar-refractivity contribution in [3.63, 3.8) is 0 Å². The van der Waals surface area contributed by atoms with Crippen LogP contribution in [0.4, 0.5) is 0 Å². The van der Waals surface area contributed by atoms with Crippen molar-refractivity contribution in [1.29, 1.82) is 0 Å². The van der Waals surface area contributed by atoms with Gasteiger partial charge in [0.15, 0.2) is 0 Å². The van der Waals surface area contributed by atoms with Crippen LogP contribution in [0.25, 0.3) is 10.8 Å². The number of rotatable bonds is 6. The predicted octanol–water partition coefficient (Wildman–Crippen LogP) is 4.35. The van der Waals surface area contributed by atoms with Crippen LogP contribution in [0.15, 0.2) is 36.4 Å². The highest BCUT2D eigenvalue weighted by atomic mass is 16.5. The summed E-state index contributed by atoms with van der Waals surface area (Å²) in [4.78, 5) is 11.4. The summed E-state index contributed by atoms with van der Waals surface area (Å²) in [5, 5.41) is 11.2. The molecule has 0 aliphatic heterocycles. The van der Waals surface area contributed by atoms with Crippen LogP contribution in [0, 0.1) is 5.92 Å². The summed E-state index contributed by atoms with van der Waals surface area (Å²) in [5.74, 6) is -0.0481. The van der Waals surface area contributed by atoms with Crippen LogP contribution in [0.3, 0.4) is 0 Å². The highest BCUT2D eigenvalue weighted by Crippen LogP contribution is 2.30. The van der Waals surface area contributed by atoms with Gasteiger partial charge < -0.3 is 9.84 Å². The minimum atomic E-state index is -0.950. The quantitative estimate of drug-likeness (QED) is 0.850. The summed E-state index contributed by atoms with van der Waals surface area (Å²) in [7, 11) is 0. The van der Waals surface area contributed by atoms with E-state index in [1.54, 1.807) is 6.07 Å². The zero-order valence-corrected chi connectivity index (χ0v) is 11.9. The number of hydrogen-bond donors (Lipinski definition) is 1. The molecule has 106 valence electrons. The van der Waals surface area contributed by atoms with E-state index in [4.69, 9.17) is 4.74 Å². The van der Waals surface area contributed by atoms with Gasteiger partial charge in [0.2, 0.25) is 0 Å². The fourth-order valence-electron chi connectivity index (χ4n) is 2.37. The normalized spacial score (nSPS) is 12.3. The molecule has 0 radical (unpaired) electrons. The molecule has 2 rings (SSSR count). The first-order valence-corrected chi connectivity index (χ1v) is 7.01. The van der Waals surface area contributed by atoms with Crippen molar-refractivity contribution in [2.45, 2.75) is 26.7 Å². The fourth-order valence-corrected chi connectivity index (χ4v) is 2.37. The Morgan fingerprint density at radius 3 is 2.70 bits per heavy atom. The minimum absolute atomic E-state index is 0.229. The molecule has 3 nitrogen and oxygen atoms in total. The van der Waals surface area contributed by atoms with Crippen LogP contribution in [-0.2, 0) is 0 Å². The molecule has 1 N–H and O–H groups in total. The Balaban J connectivity index is 2.37. The Morgan fingerprint density at radius 1 is 1.25 bits per heavy atom. The van der Waals surface area contributed by atoms with E-state index in [-0.39, 0.29) is 5.56 Å². The van der Waals surface area contributed by atoms with Gasteiger partial charge >= 0.3 is 5.97 Å². The van der Waals surface area contributed by atoms with E-state index in [0.717, 1.165) is 23.6 Å². The molecular weight excluding hydrogens is 252 g/mol. The highest BCUT2D eigenvalue weighted by molar-refractivity contribution is 6.00. The molecule has 1 unspecified atom stereocenters. The molecule has 20 heavy (non-hydrogen) atoms. The molecule has 3 heteroatoms. The van der Waals surface area contributed by atoms with Gasteiger partial charge in [-0.1, -0.05) is 50.6 Å². The molecular formula is C17H20O3. The van der Waals surface area contributed by atoms with Crippen molar-refractivity contribution in [3.8, 4) is 5.75 Å². The average molecular weight is 272 g/mol. The standard InChI is InChI=1S/C17H20O3/c1-3-6-12(2)11-20-16-14-8-5-4-7-13(14)9-10-15(16)17(18)19/h4-5,7-10,12H,3,6,11H2,1-2H3,(H,18,19). The summed E-state index contributed by atoms with van der Waals surface area (Å²) in [6.07, 6.45) is 2.18. The number of fused-ring (bicyclic) bond motifs is 1. The summed E-state index contributed by atoms with van der Waals surface area (Å²) in [6.45, 7) is 4.80. The maximum absolute atomic E-state index is 11.4. The summed E-state index contributed by atoms with van der Waals surface area (Å²) in [5.41, 5.74) is 0.229. The molecule has 0 saturated heterocycles. The van der Waals surface area contributed by atoms with Crippen LogP contribution >= 0.6 is 0 Å². The second-order valence-corrected chi connectivity index (χ2v) is 5.17. The van der Waals surface area contributed by atoms with Crippen molar-refractivity contribution in [2.75, 3.05) is 6.61 Å². The number of ether oxygens (including phenoxy) is 1. The van der Waals surface area contributed by atoms with Crippen molar-refractivity contribution in [1.82, 2.24) is 0 Å². The molecule has 2 aromatic rings. The summed E-state index contributed by atoms with van der Waals surface area (Å²) in [6, 6.07) is 11.1. The van der Waals surface area contributed by atoms with E-state index in [1.807, 2.05) is 30.3 Å². The second kappa shape index (κ2) is 6.42. The maximum Gasteiger partial charge on any atom is 0.339 e. The number of hydrogen-bond acceptors (Lipinski definition) is 2. The Kier molecular flexibility index (Phi) is 4.61. The van der Waals surface area contributed by atoms with Crippen molar-refractivity contribution in [2.24, 2.45) is 5.92 Å². The summed E-state index contributed by atoms with van der Waals surface area (Å²) < 4.78 is 5.85. The first-order chi connectivity index (χ1) is 9.63. The molecule has 0 amide bonds. The monoisotopic (exact) mass is 272 g/mol.